The highest BCUT2D eigenvalue weighted by Gasteiger charge is 2.52. The van der Waals surface area contributed by atoms with E-state index in [-0.39, 0.29) is 12.4 Å². The van der Waals surface area contributed by atoms with Crippen LogP contribution in [0.4, 0.5) is 0 Å². The van der Waals surface area contributed by atoms with E-state index < -0.39 is 18.3 Å². The second-order valence-corrected chi connectivity index (χ2v) is 6.50. The van der Waals surface area contributed by atoms with E-state index in [0.717, 1.165) is 5.56 Å². The first-order valence-electron chi connectivity index (χ1n) is 7.30. The van der Waals surface area contributed by atoms with Gasteiger partial charge in [-0.1, -0.05) is 12.1 Å². The number of Topliss-reactive ketones (excluding diaryl/α,β-unsaturated/α-hetero) is 1. The Morgan fingerprint density at radius 1 is 1.27 bits per heavy atom. The predicted octanol–water partition coefficient (Wildman–Crippen LogP) is 2.29. The normalized spacial score (nSPS) is 20.3. The van der Waals surface area contributed by atoms with Crippen molar-refractivity contribution in [3.8, 4) is 0 Å². The molecule has 0 unspecified atom stereocenters. The Kier molecular flexibility index (Phi) is 4.56. The van der Waals surface area contributed by atoms with Crippen molar-refractivity contribution in [3.63, 3.8) is 0 Å². The molecule has 118 valence electrons. The molecule has 6 heteroatoms. The van der Waals surface area contributed by atoms with E-state index in [0.29, 0.717) is 11.2 Å². The minimum Gasteiger partial charge on any atom is -0.400 e. The van der Waals surface area contributed by atoms with Crippen LogP contribution < -0.4 is 0 Å². The average Bonchev–Trinajstić information content (AvgIpc) is 2.65. The monoisotopic (exact) mass is 303 g/mol. The molecule has 0 aliphatic carbocycles. The zero-order valence-electron chi connectivity index (χ0n) is 13.7. The molecule has 0 radical (unpaired) electrons. The van der Waals surface area contributed by atoms with Gasteiger partial charge in [-0.25, -0.2) is 0 Å². The Labute approximate surface area is 131 Å². The van der Waals surface area contributed by atoms with Crippen LogP contribution in [0, 0.1) is 0 Å². The Balaban J connectivity index is 2.23. The summed E-state index contributed by atoms with van der Waals surface area (Å²) >= 11 is 0. The van der Waals surface area contributed by atoms with Crippen molar-refractivity contribution in [2.24, 2.45) is 0 Å². The number of nitrogens with zero attached hydrogens (tertiary/aromatic N) is 1. The summed E-state index contributed by atoms with van der Waals surface area (Å²) < 4.78 is 11.9. The number of aliphatic hydroxyl groups excluding tert-OH is 1. The molecule has 0 atom stereocenters. The van der Waals surface area contributed by atoms with Gasteiger partial charge in [0, 0.05) is 13.1 Å². The molecule has 0 spiro atoms. The zero-order valence-corrected chi connectivity index (χ0v) is 13.7. The SMILES string of the molecule is CC(=O)c1ccc(C=C(CO)B2OC(C)(C)C(C)(C)O2)cn1. The van der Waals surface area contributed by atoms with Gasteiger partial charge in [-0.05, 0) is 44.8 Å². The second kappa shape index (κ2) is 5.95. The van der Waals surface area contributed by atoms with Crippen molar-refractivity contribution in [1.29, 1.82) is 0 Å². The fourth-order valence-corrected chi connectivity index (χ4v) is 2.10. The summed E-state index contributed by atoms with van der Waals surface area (Å²) in [5, 5.41) is 9.63. The van der Waals surface area contributed by atoms with Crippen LogP contribution in [0.1, 0.15) is 50.7 Å². The smallest absolute Gasteiger partial charge is 0.400 e. The van der Waals surface area contributed by atoms with Gasteiger partial charge in [0.1, 0.15) is 5.69 Å². The highest BCUT2D eigenvalue weighted by molar-refractivity contribution is 6.55. The van der Waals surface area contributed by atoms with Crippen LogP contribution in [-0.4, -0.2) is 40.8 Å². The van der Waals surface area contributed by atoms with Crippen LogP contribution in [0.5, 0.6) is 0 Å². The molecule has 2 rings (SSSR count). The topological polar surface area (TPSA) is 68.7 Å². The highest BCUT2D eigenvalue weighted by Crippen LogP contribution is 2.38. The number of carbonyl (C=O) groups excluding carboxylic acids is 1. The summed E-state index contributed by atoms with van der Waals surface area (Å²) in [5.74, 6) is -0.0797. The van der Waals surface area contributed by atoms with Gasteiger partial charge >= 0.3 is 7.12 Å². The van der Waals surface area contributed by atoms with E-state index >= 15 is 0 Å². The van der Waals surface area contributed by atoms with Crippen LogP contribution in [0.3, 0.4) is 0 Å². The van der Waals surface area contributed by atoms with E-state index in [1.165, 1.54) is 6.92 Å². The second-order valence-electron chi connectivity index (χ2n) is 6.50. The number of aromatic nitrogens is 1. The first-order valence-corrected chi connectivity index (χ1v) is 7.30. The summed E-state index contributed by atoms with van der Waals surface area (Å²) in [6, 6.07) is 3.44. The third kappa shape index (κ3) is 3.29. The predicted molar refractivity (Wildman–Crippen MR) is 85.4 cm³/mol. The Morgan fingerprint density at radius 2 is 1.86 bits per heavy atom. The van der Waals surface area contributed by atoms with E-state index in [2.05, 4.69) is 4.98 Å². The maximum absolute atomic E-state index is 11.2. The van der Waals surface area contributed by atoms with E-state index in [1.54, 1.807) is 24.4 Å². The van der Waals surface area contributed by atoms with E-state index in [1.807, 2.05) is 27.7 Å². The molecule has 2 heterocycles. The molecule has 0 amide bonds. The highest BCUT2D eigenvalue weighted by atomic mass is 16.7. The number of ketones is 1. The van der Waals surface area contributed by atoms with Crippen LogP contribution in [0.15, 0.2) is 23.8 Å². The summed E-state index contributed by atoms with van der Waals surface area (Å²) in [6.07, 6.45) is 3.37. The Bertz CT molecular complexity index is 577. The quantitative estimate of drug-likeness (QED) is 0.683. The van der Waals surface area contributed by atoms with Gasteiger partial charge in [-0.15, -0.1) is 0 Å². The molecule has 1 aromatic rings. The zero-order chi connectivity index (χ0) is 16.5. The fourth-order valence-electron chi connectivity index (χ4n) is 2.10. The van der Waals surface area contributed by atoms with Crippen molar-refractivity contribution in [3.05, 3.63) is 35.1 Å². The van der Waals surface area contributed by atoms with Crippen LogP contribution >= 0.6 is 0 Å². The van der Waals surface area contributed by atoms with Crippen molar-refractivity contribution in [2.75, 3.05) is 6.61 Å². The van der Waals surface area contributed by atoms with Crippen LogP contribution in [-0.2, 0) is 9.31 Å². The Hall–Kier alpha value is -1.50. The number of carbonyl (C=O) groups is 1. The van der Waals surface area contributed by atoms with E-state index in [9.17, 15) is 9.90 Å². The molecule has 1 fully saturated rings. The van der Waals surface area contributed by atoms with Gasteiger partial charge in [-0.2, -0.15) is 0 Å². The standard InChI is InChI=1S/C16H22BNO4/c1-11(20)14-7-6-12(9-18-14)8-13(10-19)17-21-15(2,3)16(4,5)22-17/h6-9,19H,10H2,1-5H3. The first-order chi connectivity index (χ1) is 10.2. The molecule has 5 nitrogen and oxygen atoms in total. The molecule has 1 N–H and O–H groups in total. The van der Waals surface area contributed by atoms with E-state index in [4.69, 9.17) is 9.31 Å². The van der Waals surface area contributed by atoms with Gasteiger partial charge in [-0.3, -0.25) is 9.78 Å². The fraction of sp³-hybridized carbons (Fsp3) is 0.500. The minimum atomic E-state index is -0.595. The van der Waals surface area contributed by atoms with Crippen molar-refractivity contribution in [2.45, 2.75) is 45.8 Å². The van der Waals surface area contributed by atoms with Gasteiger partial charge < -0.3 is 14.4 Å². The number of aliphatic hydroxyl groups is 1. The molecule has 22 heavy (non-hydrogen) atoms. The third-order valence-corrected chi connectivity index (χ3v) is 4.24. The molecular weight excluding hydrogens is 281 g/mol. The van der Waals surface area contributed by atoms with Gasteiger partial charge in [0.2, 0.25) is 0 Å². The summed E-state index contributed by atoms with van der Waals surface area (Å²) in [5.41, 5.74) is 0.906. The van der Waals surface area contributed by atoms with Crippen LogP contribution in [0.25, 0.3) is 6.08 Å². The number of pyridine rings is 1. The maximum atomic E-state index is 11.2. The summed E-state index contributed by atoms with van der Waals surface area (Å²) in [6.45, 7) is 9.15. The number of hydrogen-bond donors (Lipinski definition) is 1. The van der Waals surface area contributed by atoms with Crippen molar-refractivity contribution >= 4 is 19.0 Å². The molecule has 0 bridgehead atoms. The number of hydrogen-bond acceptors (Lipinski definition) is 5. The van der Waals surface area contributed by atoms with Crippen molar-refractivity contribution in [1.82, 2.24) is 4.98 Å². The lowest BCUT2D eigenvalue weighted by Crippen LogP contribution is -2.41. The largest absolute Gasteiger partial charge is 0.492 e. The van der Waals surface area contributed by atoms with Crippen LogP contribution in [0.2, 0.25) is 0 Å². The lowest BCUT2D eigenvalue weighted by atomic mass is 9.77. The van der Waals surface area contributed by atoms with Gasteiger partial charge in [0.05, 0.1) is 17.8 Å². The molecule has 0 aromatic carbocycles. The number of rotatable bonds is 4. The molecule has 0 saturated carbocycles. The Morgan fingerprint density at radius 3 is 2.27 bits per heavy atom. The van der Waals surface area contributed by atoms with Crippen molar-refractivity contribution < 1.29 is 19.2 Å². The van der Waals surface area contributed by atoms with Gasteiger partial charge in [0.15, 0.2) is 5.78 Å². The molecule has 1 aliphatic rings. The molecular formula is C16H22BNO4. The average molecular weight is 303 g/mol. The lowest BCUT2D eigenvalue weighted by molar-refractivity contribution is 0.00578. The first kappa shape index (κ1) is 16.9. The molecule has 1 aliphatic heterocycles. The maximum Gasteiger partial charge on any atom is 0.492 e. The van der Waals surface area contributed by atoms with Gasteiger partial charge in [0.25, 0.3) is 0 Å². The summed E-state index contributed by atoms with van der Waals surface area (Å²) in [7, 11) is -0.595. The molecule has 1 aromatic heterocycles. The third-order valence-electron chi connectivity index (χ3n) is 4.24. The lowest BCUT2D eigenvalue weighted by Gasteiger charge is -2.32. The minimum absolute atomic E-state index is 0.0797. The molecule has 1 saturated heterocycles. The summed E-state index contributed by atoms with van der Waals surface area (Å²) in [4.78, 5) is 15.3.